The number of aliphatic hydroxyl groups excluding tert-OH is 1. The first-order chi connectivity index (χ1) is 10.2. The van der Waals surface area contributed by atoms with Crippen LogP contribution in [0.15, 0.2) is 24.3 Å². The maximum Gasteiger partial charge on any atom is 0.410 e. The molecule has 0 saturated carbocycles. The van der Waals surface area contributed by atoms with Crippen molar-refractivity contribution in [1.82, 2.24) is 4.90 Å². The molecule has 122 valence electrons. The summed E-state index contributed by atoms with van der Waals surface area (Å²) in [7, 11) is 0. The Morgan fingerprint density at radius 3 is 2.68 bits per heavy atom. The zero-order valence-electron chi connectivity index (χ0n) is 13.2. The first-order valence-electron chi connectivity index (χ1n) is 7.30. The van der Waals surface area contributed by atoms with Crippen molar-refractivity contribution in [3.05, 3.63) is 35.6 Å². The number of hydrogen-bond donors (Lipinski definition) is 2. The average molecular weight is 310 g/mol. The van der Waals surface area contributed by atoms with Crippen LogP contribution in [-0.4, -0.2) is 41.4 Å². The Morgan fingerprint density at radius 2 is 2.14 bits per heavy atom. The number of nitrogens with zero attached hydrogens (tertiary/aromatic N) is 1. The number of ether oxygens (including phenoxy) is 1. The van der Waals surface area contributed by atoms with Gasteiger partial charge in [-0.1, -0.05) is 18.2 Å². The SMILES string of the molecule is CC(C)(C)OC(=O)N1CC(CO)C(N)(c2ccccc2F)C1. The average Bonchev–Trinajstić information content (AvgIpc) is 2.75. The smallest absolute Gasteiger partial charge is 0.410 e. The molecule has 3 N–H and O–H groups in total. The molecule has 0 aromatic heterocycles. The van der Waals surface area contributed by atoms with E-state index in [0.717, 1.165) is 0 Å². The van der Waals surface area contributed by atoms with Gasteiger partial charge in [0, 0.05) is 31.2 Å². The van der Waals surface area contributed by atoms with Gasteiger partial charge in [-0.3, -0.25) is 0 Å². The molecule has 1 aliphatic rings. The number of carbonyl (C=O) groups is 1. The van der Waals surface area contributed by atoms with Gasteiger partial charge in [0.05, 0.1) is 5.54 Å². The maximum absolute atomic E-state index is 14.1. The van der Waals surface area contributed by atoms with Crippen LogP contribution in [-0.2, 0) is 10.3 Å². The molecule has 1 amide bonds. The normalized spacial score (nSPS) is 25.4. The predicted molar refractivity (Wildman–Crippen MR) is 80.6 cm³/mol. The number of hydrogen-bond acceptors (Lipinski definition) is 4. The molecule has 1 aromatic rings. The topological polar surface area (TPSA) is 75.8 Å². The molecule has 1 saturated heterocycles. The molecule has 6 heteroatoms. The molecule has 0 radical (unpaired) electrons. The standard InChI is InChI=1S/C16H23FN2O3/c1-15(2,3)22-14(21)19-8-11(9-20)16(18,10-19)12-6-4-5-7-13(12)17/h4-7,11,20H,8-10,18H2,1-3H3. The summed E-state index contributed by atoms with van der Waals surface area (Å²) in [6, 6.07) is 6.19. The molecule has 22 heavy (non-hydrogen) atoms. The van der Waals surface area contributed by atoms with Crippen LogP contribution in [0.3, 0.4) is 0 Å². The van der Waals surface area contributed by atoms with Gasteiger partial charge in [0.1, 0.15) is 11.4 Å². The Labute approximate surface area is 129 Å². The molecular formula is C16H23FN2O3. The fraction of sp³-hybridized carbons (Fsp3) is 0.562. The Kier molecular flexibility index (Phi) is 4.44. The second kappa shape index (κ2) is 5.85. The van der Waals surface area contributed by atoms with E-state index in [4.69, 9.17) is 10.5 Å². The molecule has 1 aromatic carbocycles. The van der Waals surface area contributed by atoms with Crippen LogP contribution < -0.4 is 5.73 Å². The summed E-state index contributed by atoms with van der Waals surface area (Å²) in [6.07, 6.45) is -0.505. The minimum absolute atomic E-state index is 0.105. The number of aliphatic hydroxyl groups is 1. The lowest BCUT2D eigenvalue weighted by molar-refractivity contribution is 0.0279. The zero-order chi connectivity index (χ0) is 16.5. The van der Waals surface area contributed by atoms with Gasteiger partial charge in [-0.15, -0.1) is 0 Å². The van der Waals surface area contributed by atoms with Crippen LogP contribution in [0.4, 0.5) is 9.18 Å². The molecule has 2 atom stereocenters. The van der Waals surface area contributed by atoms with Crippen molar-refractivity contribution in [2.24, 2.45) is 11.7 Å². The first kappa shape index (κ1) is 16.7. The Morgan fingerprint density at radius 1 is 1.50 bits per heavy atom. The summed E-state index contributed by atoms with van der Waals surface area (Å²) in [4.78, 5) is 13.6. The van der Waals surface area contributed by atoms with Gasteiger partial charge < -0.3 is 20.5 Å². The van der Waals surface area contributed by atoms with E-state index in [9.17, 15) is 14.3 Å². The van der Waals surface area contributed by atoms with Gasteiger partial charge in [-0.2, -0.15) is 0 Å². The van der Waals surface area contributed by atoms with Crippen molar-refractivity contribution in [1.29, 1.82) is 0 Å². The van der Waals surface area contributed by atoms with Crippen molar-refractivity contribution in [3.8, 4) is 0 Å². The van der Waals surface area contributed by atoms with E-state index in [-0.39, 0.29) is 19.7 Å². The molecule has 1 fully saturated rings. The minimum Gasteiger partial charge on any atom is -0.444 e. The number of nitrogens with two attached hydrogens (primary N) is 1. The Bertz CT molecular complexity index is 559. The fourth-order valence-corrected chi connectivity index (χ4v) is 2.77. The number of benzene rings is 1. The van der Waals surface area contributed by atoms with Gasteiger partial charge in [-0.05, 0) is 26.8 Å². The number of amides is 1. The summed E-state index contributed by atoms with van der Waals surface area (Å²) in [5.41, 5.74) is 4.93. The highest BCUT2D eigenvalue weighted by atomic mass is 19.1. The summed E-state index contributed by atoms with van der Waals surface area (Å²) in [6.45, 7) is 5.43. The van der Waals surface area contributed by atoms with E-state index >= 15 is 0 Å². The van der Waals surface area contributed by atoms with E-state index in [2.05, 4.69) is 0 Å². The molecule has 5 nitrogen and oxygen atoms in total. The number of halogens is 1. The third-order valence-electron chi connectivity index (χ3n) is 3.87. The van der Waals surface area contributed by atoms with Crippen LogP contribution in [0.25, 0.3) is 0 Å². The summed E-state index contributed by atoms with van der Waals surface area (Å²) in [5, 5.41) is 9.60. The molecule has 0 spiro atoms. The van der Waals surface area contributed by atoms with Crippen molar-refractivity contribution in [2.45, 2.75) is 31.9 Å². The molecule has 2 rings (SSSR count). The van der Waals surface area contributed by atoms with Gasteiger partial charge in [0.15, 0.2) is 0 Å². The van der Waals surface area contributed by atoms with Gasteiger partial charge >= 0.3 is 6.09 Å². The Hall–Kier alpha value is -1.66. The highest BCUT2D eigenvalue weighted by molar-refractivity contribution is 5.69. The molecule has 0 aliphatic carbocycles. The van der Waals surface area contributed by atoms with Crippen LogP contribution in [0.2, 0.25) is 0 Å². The van der Waals surface area contributed by atoms with Crippen molar-refractivity contribution >= 4 is 6.09 Å². The van der Waals surface area contributed by atoms with E-state index in [1.54, 1.807) is 39.0 Å². The van der Waals surface area contributed by atoms with E-state index < -0.39 is 29.0 Å². The van der Waals surface area contributed by atoms with Crippen LogP contribution in [0.5, 0.6) is 0 Å². The van der Waals surface area contributed by atoms with Crippen molar-refractivity contribution < 1.29 is 19.0 Å². The van der Waals surface area contributed by atoms with Gasteiger partial charge in [-0.25, -0.2) is 9.18 Å². The van der Waals surface area contributed by atoms with Crippen LogP contribution >= 0.6 is 0 Å². The molecular weight excluding hydrogens is 287 g/mol. The van der Waals surface area contributed by atoms with E-state index in [1.165, 1.54) is 11.0 Å². The molecule has 1 heterocycles. The predicted octanol–water partition coefficient (Wildman–Crippen LogP) is 1.84. The quantitative estimate of drug-likeness (QED) is 0.874. The second-order valence-electron chi connectivity index (χ2n) is 6.76. The maximum atomic E-state index is 14.1. The van der Waals surface area contributed by atoms with Crippen LogP contribution in [0, 0.1) is 11.7 Å². The summed E-state index contributed by atoms with van der Waals surface area (Å²) in [5.74, 6) is -0.883. The monoisotopic (exact) mass is 310 g/mol. The Balaban J connectivity index is 2.26. The van der Waals surface area contributed by atoms with E-state index in [1.807, 2.05) is 0 Å². The van der Waals surface area contributed by atoms with Crippen molar-refractivity contribution in [3.63, 3.8) is 0 Å². The highest BCUT2D eigenvalue weighted by Crippen LogP contribution is 2.36. The zero-order valence-corrected chi connectivity index (χ0v) is 13.2. The lowest BCUT2D eigenvalue weighted by Gasteiger charge is -2.30. The lowest BCUT2D eigenvalue weighted by Crippen LogP contribution is -2.47. The number of carbonyl (C=O) groups excluding carboxylic acids is 1. The number of likely N-dealkylation sites (tertiary alicyclic amines) is 1. The number of rotatable bonds is 2. The summed E-state index contributed by atoms with van der Waals surface area (Å²) < 4.78 is 19.4. The fourth-order valence-electron chi connectivity index (χ4n) is 2.77. The van der Waals surface area contributed by atoms with Gasteiger partial charge in [0.2, 0.25) is 0 Å². The second-order valence-corrected chi connectivity index (χ2v) is 6.76. The van der Waals surface area contributed by atoms with Crippen molar-refractivity contribution in [2.75, 3.05) is 19.7 Å². The highest BCUT2D eigenvalue weighted by Gasteiger charge is 2.48. The molecule has 1 aliphatic heterocycles. The largest absolute Gasteiger partial charge is 0.444 e. The third-order valence-corrected chi connectivity index (χ3v) is 3.87. The van der Waals surface area contributed by atoms with Gasteiger partial charge in [0.25, 0.3) is 0 Å². The third kappa shape index (κ3) is 3.23. The van der Waals surface area contributed by atoms with E-state index in [0.29, 0.717) is 5.56 Å². The minimum atomic E-state index is -1.13. The first-order valence-corrected chi connectivity index (χ1v) is 7.30. The molecule has 2 unspecified atom stereocenters. The lowest BCUT2D eigenvalue weighted by atomic mass is 9.81. The molecule has 0 bridgehead atoms. The van der Waals surface area contributed by atoms with Crippen LogP contribution in [0.1, 0.15) is 26.3 Å². The summed E-state index contributed by atoms with van der Waals surface area (Å²) >= 11 is 0.